The molecule has 2 nitrogen and oxygen atoms in total. The van der Waals surface area contributed by atoms with Crippen LogP contribution in [0, 0.1) is 40.9 Å². The minimum atomic E-state index is -0.332. The quantitative estimate of drug-likeness (QED) is 0.794. The highest BCUT2D eigenvalue weighted by Gasteiger charge is 2.57. The molecular weight excluding hydrogens is 296 g/mol. The molecule has 2 heteroatoms. The van der Waals surface area contributed by atoms with E-state index in [0.717, 1.165) is 61.7 Å². The number of rotatable bonds is 2. The van der Waals surface area contributed by atoms with E-state index < -0.39 is 0 Å². The highest BCUT2D eigenvalue weighted by atomic mass is 16.3. The molecule has 5 aliphatic rings. The molecule has 24 heavy (non-hydrogen) atoms. The topological polar surface area (TPSA) is 37.3 Å². The van der Waals surface area contributed by atoms with Gasteiger partial charge in [-0.25, -0.2) is 0 Å². The Morgan fingerprint density at radius 2 is 1.75 bits per heavy atom. The summed E-state index contributed by atoms with van der Waals surface area (Å²) in [6, 6.07) is 0. The monoisotopic (exact) mass is 330 g/mol. The Labute approximate surface area is 146 Å². The largest absolute Gasteiger partial charge is 0.390 e. The van der Waals surface area contributed by atoms with Gasteiger partial charge in [0.25, 0.3) is 0 Å². The highest BCUT2D eigenvalue weighted by Crippen LogP contribution is 2.62. The Morgan fingerprint density at radius 1 is 0.958 bits per heavy atom. The van der Waals surface area contributed by atoms with Crippen molar-refractivity contribution >= 4 is 5.78 Å². The minimum absolute atomic E-state index is 0.0232. The molecule has 0 spiro atoms. The lowest BCUT2D eigenvalue weighted by molar-refractivity contribution is -0.135. The Kier molecular flexibility index (Phi) is 3.51. The first-order valence-electron chi connectivity index (χ1n) is 10.7. The molecule has 0 bridgehead atoms. The van der Waals surface area contributed by atoms with E-state index in [9.17, 15) is 9.90 Å². The first-order chi connectivity index (χ1) is 11.5. The fraction of sp³-hybridized carbons (Fsp3) is 0.955. The van der Waals surface area contributed by atoms with E-state index in [0.29, 0.717) is 11.7 Å². The van der Waals surface area contributed by atoms with Crippen molar-refractivity contribution in [1.29, 1.82) is 0 Å². The van der Waals surface area contributed by atoms with Gasteiger partial charge in [-0.1, -0.05) is 19.8 Å². The van der Waals surface area contributed by atoms with Crippen molar-refractivity contribution in [2.45, 2.75) is 89.6 Å². The number of hydrogen-bond acceptors (Lipinski definition) is 2. The van der Waals surface area contributed by atoms with Crippen molar-refractivity contribution in [2.24, 2.45) is 40.9 Å². The van der Waals surface area contributed by atoms with Crippen LogP contribution in [-0.4, -0.2) is 16.5 Å². The predicted molar refractivity (Wildman–Crippen MR) is 94.4 cm³/mol. The molecule has 0 unspecified atom stereocenters. The molecule has 0 aromatic rings. The smallest absolute Gasteiger partial charge is 0.139 e. The summed E-state index contributed by atoms with van der Waals surface area (Å²) in [7, 11) is 0. The van der Waals surface area contributed by atoms with Crippen LogP contribution in [0.2, 0.25) is 0 Å². The van der Waals surface area contributed by atoms with Crippen molar-refractivity contribution in [3.63, 3.8) is 0 Å². The maximum Gasteiger partial charge on any atom is 0.139 e. The van der Waals surface area contributed by atoms with Crippen LogP contribution < -0.4 is 0 Å². The second-order valence-electron chi connectivity index (χ2n) is 10.5. The summed E-state index contributed by atoms with van der Waals surface area (Å²) < 4.78 is 0. The van der Waals surface area contributed by atoms with Gasteiger partial charge in [0.2, 0.25) is 0 Å². The standard InChI is InChI=1S/C22H34O2/c1-21-10-8-17-16-9-11-22(24,12-14-2-3-14)13-15(16)4-5-18(17)19(21)6-7-20(21)23/h14-19,24H,2-13H2,1H3/t15-,16+,17-,18-,19+,21+,22+/m1/s1. The Bertz CT molecular complexity index is 538. The van der Waals surface area contributed by atoms with Gasteiger partial charge in [0.1, 0.15) is 5.78 Å². The van der Waals surface area contributed by atoms with E-state index in [1.807, 2.05) is 0 Å². The molecule has 5 saturated carbocycles. The number of carbonyl (C=O) groups excluding carboxylic acids is 1. The number of Topliss-reactive ketones (excluding diaryl/α,β-unsaturated/α-hetero) is 1. The fourth-order valence-electron chi connectivity index (χ4n) is 7.78. The summed E-state index contributed by atoms with van der Waals surface area (Å²) in [6.07, 6.45) is 14.3. The van der Waals surface area contributed by atoms with Crippen molar-refractivity contribution in [1.82, 2.24) is 0 Å². The summed E-state index contributed by atoms with van der Waals surface area (Å²) in [5, 5.41) is 11.1. The Balaban J connectivity index is 1.32. The van der Waals surface area contributed by atoms with Gasteiger partial charge in [0.15, 0.2) is 0 Å². The van der Waals surface area contributed by atoms with Crippen LogP contribution in [0.3, 0.4) is 0 Å². The van der Waals surface area contributed by atoms with Crippen LogP contribution in [0.5, 0.6) is 0 Å². The summed E-state index contributed by atoms with van der Waals surface area (Å²) in [6.45, 7) is 2.28. The molecule has 5 fully saturated rings. The van der Waals surface area contributed by atoms with E-state index in [1.165, 1.54) is 44.9 Å². The van der Waals surface area contributed by atoms with Crippen LogP contribution in [0.15, 0.2) is 0 Å². The molecular formula is C22H34O2. The molecule has 134 valence electrons. The average Bonchev–Trinajstić information content (AvgIpc) is 3.30. The number of fused-ring (bicyclic) bond motifs is 5. The normalized spacial score (nSPS) is 54.1. The van der Waals surface area contributed by atoms with Gasteiger partial charge >= 0.3 is 0 Å². The molecule has 5 rings (SSSR count). The SMILES string of the molecule is C[C@]12CC[C@H]3[C@@H](CC[C@@H]4C[C@@](O)(CC5CC5)CC[C@@H]43)[C@@H]1CCC2=O. The lowest BCUT2D eigenvalue weighted by Gasteiger charge is -2.56. The summed E-state index contributed by atoms with van der Waals surface area (Å²) in [5.74, 6) is 5.37. The van der Waals surface area contributed by atoms with Crippen LogP contribution in [0.1, 0.15) is 84.0 Å². The van der Waals surface area contributed by atoms with Crippen molar-refractivity contribution in [3.8, 4) is 0 Å². The number of carbonyl (C=O) groups is 1. The van der Waals surface area contributed by atoms with E-state index >= 15 is 0 Å². The molecule has 0 aromatic carbocycles. The van der Waals surface area contributed by atoms with Gasteiger partial charge < -0.3 is 5.11 Å². The molecule has 1 N–H and O–H groups in total. The van der Waals surface area contributed by atoms with Gasteiger partial charge in [-0.05, 0) is 93.3 Å². The zero-order valence-corrected chi connectivity index (χ0v) is 15.3. The fourth-order valence-corrected chi connectivity index (χ4v) is 7.78. The average molecular weight is 331 g/mol. The molecule has 5 aliphatic carbocycles. The summed E-state index contributed by atoms with van der Waals surface area (Å²) in [5.41, 5.74) is -0.308. The molecule has 7 atom stereocenters. The molecule has 0 amide bonds. The summed E-state index contributed by atoms with van der Waals surface area (Å²) in [4.78, 5) is 12.4. The van der Waals surface area contributed by atoms with Gasteiger partial charge in [-0.3, -0.25) is 4.79 Å². The highest BCUT2D eigenvalue weighted by molar-refractivity contribution is 5.87. The first kappa shape index (κ1) is 15.9. The maximum absolute atomic E-state index is 12.4. The third-order valence-electron chi connectivity index (χ3n) is 9.18. The molecule has 0 saturated heterocycles. The van der Waals surface area contributed by atoms with Crippen LogP contribution in [0.4, 0.5) is 0 Å². The van der Waals surface area contributed by atoms with E-state index in [2.05, 4.69) is 6.92 Å². The van der Waals surface area contributed by atoms with Crippen LogP contribution in [-0.2, 0) is 4.79 Å². The minimum Gasteiger partial charge on any atom is -0.390 e. The van der Waals surface area contributed by atoms with Crippen molar-refractivity contribution < 1.29 is 9.90 Å². The van der Waals surface area contributed by atoms with Gasteiger partial charge in [0, 0.05) is 11.8 Å². The van der Waals surface area contributed by atoms with Gasteiger partial charge in [-0.2, -0.15) is 0 Å². The lowest BCUT2D eigenvalue weighted by Crippen LogP contribution is -2.51. The second-order valence-corrected chi connectivity index (χ2v) is 10.5. The third kappa shape index (κ3) is 2.35. The molecule has 0 aromatic heterocycles. The lowest BCUT2D eigenvalue weighted by atomic mass is 9.49. The van der Waals surface area contributed by atoms with E-state index in [4.69, 9.17) is 0 Å². The van der Waals surface area contributed by atoms with E-state index in [-0.39, 0.29) is 11.0 Å². The molecule has 0 heterocycles. The second kappa shape index (κ2) is 5.32. The van der Waals surface area contributed by atoms with Crippen molar-refractivity contribution in [3.05, 3.63) is 0 Å². The number of aliphatic hydroxyl groups is 1. The van der Waals surface area contributed by atoms with Crippen molar-refractivity contribution in [2.75, 3.05) is 0 Å². The van der Waals surface area contributed by atoms with Crippen LogP contribution >= 0.6 is 0 Å². The predicted octanol–water partition coefficient (Wildman–Crippen LogP) is 4.74. The Hall–Kier alpha value is -0.370. The van der Waals surface area contributed by atoms with Crippen LogP contribution in [0.25, 0.3) is 0 Å². The number of ketones is 1. The molecule has 0 aliphatic heterocycles. The van der Waals surface area contributed by atoms with E-state index in [1.54, 1.807) is 0 Å². The maximum atomic E-state index is 12.4. The van der Waals surface area contributed by atoms with Gasteiger partial charge in [0.05, 0.1) is 5.60 Å². The number of hydrogen-bond donors (Lipinski definition) is 1. The first-order valence-corrected chi connectivity index (χ1v) is 10.7. The zero-order chi connectivity index (χ0) is 16.5. The third-order valence-corrected chi connectivity index (χ3v) is 9.18. The zero-order valence-electron chi connectivity index (χ0n) is 15.3. The van der Waals surface area contributed by atoms with Gasteiger partial charge in [-0.15, -0.1) is 0 Å². The molecule has 0 radical (unpaired) electrons. The Morgan fingerprint density at radius 3 is 2.54 bits per heavy atom. The summed E-state index contributed by atoms with van der Waals surface area (Å²) >= 11 is 0.